The van der Waals surface area contributed by atoms with Gasteiger partial charge in [0.05, 0.1) is 40.9 Å². The number of carbonyl (C=O) groups is 4. The molecule has 0 radical (unpaired) electrons. The summed E-state index contributed by atoms with van der Waals surface area (Å²) in [5.41, 5.74) is 12.9. The number of thiazole rings is 1. The van der Waals surface area contributed by atoms with E-state index in [0.717, 1.165) is 40.1 Å². The smallest absolute Gasteiger partial charge is 0.246 e. The number of benzene rings is 2. The van der Waals surface area contributed by atoms with Crippen molar-refractivity contribution in [1.29, 1.82) is 0 Å². The van der Waals surface area contributed by atoms with Gasteiger partial charge < -0.3 is 31.1 Å². The molecule has 2 heterocycles. The van der Waals surface area contributed by atoms with Crippen LogP contribution in [-0.4, -0.2) is 69.5 Å². The molecular formula is C43H61N5O6S. The van der Waals surface area contributed by atoms with Crippen LogP contribution in [0, 0.1) is 25.2 Å². The molecule has 4 amide bonds. The Morgan fingerprint density at radius 1 is 1.02 bits per heavy atom. The molecule has 0 spiro atoms. The van der Waals surface area contributed by atoms with Crippen LogP contribution in [0.4, 0.5) is 0 Å². The fraction of sp³-hybridized carbons (Fsp3) is 0.558. The third-order valence-electron chi connectivity index (χ3n) is 10.7. The number of hydrogen-bond acceptors (Lipinski definition) is 8. The molecule has 12 heteroatoms. The summed E-state index contributed by atoms with van der Waals surface area (Å²) in [6, 6.07) is 12.3. The standard InChI is InChI=1S/C43H61N5O6S/c1-26(13-20-37(44)50)30(5)54-24-31-14-15-32(27(2)21-31)11-9-10-12-38(51)47-40(43(6,7)8)42(53)48-23-35(49)22-36(48)41(52)46-28(3)33-16-18-34(19-17-33)39-29(4)45-25-55-39/h14-19,21,25-26,28,30,35-36,40,49H,9-13,20,22-24H2,1-8H3,(H2,44,50)(H,46,52)(H,47,51)/t26-,28-,30+,35+,36-,40+/m0/s1. The lowest BCUT2D eigenvalue weighted by atomic mass is 9.85. The van der Waals surface area contributed by atoms with Gasteiger partial charge >= 0.3 is 0 Å². The number of aliphatic hydroxyl groups excluding tert-OH is 1. The molecule has 1 aliphatic heterocycles. The molecule has 4 rings (SSSR count). The SMILES string of the molecule is Cc1cc(CO[C@H](C)[C@@H](C)CCC(N)=O)ccc1CCCCC(=O)N[C@H](C(=O)N1C[C@H](O)C[C@H]1C(=O)N[C@@H](C)c1ccc(-c2scnc2C)cc1)C(C)(C)C. The van der Waals surface area contributed by atoms with Gasteiger partial charge in [0.25, 0.3) is 0 Å². The molecule has 2 aromatic carbocycles. The number of hydrogen-bond donors (Lipinski definition) is 4. The zero-order chi connectivity index (χ0) is 40.4. The Kier molecular flexibility index (Phi) is 15.6. The van der Waals surface area contributed by atoms with Crippen molar-refractivity contribution in [3.8, 4) is 10.4 Å². The monoisotopic (exact) mass is 775 g/mol. The average molecular weight is 776 g/mol. The van der Waals surface area contributed by atoms with Gasteiger partial charge in [-0.15, -0.1) is 11.3 Å². The normalized spacial score (nSPS) is 18.0. The fourth-order valence-corrected chi connectivity index (χ4v) is 7.79. The van der Waals surface area contributed by atoms with Crippen molar-refractivity contribution in [3.05, 3.63) is 75.9 Å². The van der Waals surface area contributed by atoms with Crippen LogP contribution in [-0.2, 0) is 36.9 Å². The third kappa shape index (κ3) is 12.4. The summed E-state index contributed by atoms with van der Waals surface area (Å²) >= 11 is 1.58. The second-order valence-electron chi connectivity index (χ2n) is 16.3. The summed E-state index contributed by atoms with van der Waals surface area (Å²) < 4.78 is 6.06. The zero-order valence-electron chi connectivity index (χ0n) is 33.8. The van der Waals surface area contributed by atoms with Crippen LogP contribution in [0.2, 0.25) is 0 Å². The van der Waals surface area contributed by atoms with Crippen molar-refractivity contribution in [1.82, 2.24) is 20.5 Å². The van der Waals surface area contributed by atoms with Crippen LogP contribution in [0.15, 0.2) is 48.0 Å². The van der Waals surface area contributed by atoms with Crippen molar-refractivity contribution < 1.29 is 29.0 Å². The first-order valence-corrected chi connectivity index (χ1v) is 20.4. The van der Waals surface area contributed by atoms with Crippen LogP contribution in [0.25, 0.3) is 10.4 Å². The molecule has 1 aromatic heterocycles. The molecule has 0 bridgehead atoms. The summed E-state index contributed by atoms with van der Waals surface area (Å²) in [6.45, 7) is 16.2. The van der Waals surface area contributed by atoms with Gasteiger partial charge in [0, 0.05) is 25.8 Å². The Bertz CT molecular complexity index is 1770. The molecule has 1 saturated heterocycles. The number of primary amides is 1. The fourth-order valence-electron chi connectivity index (χ4n) is 6.97. The summed E-state index contributed by atoms with van der Waals surface area (Å²) in [6.07, 6.45) is 2.89. The maximum Gasteiger partial charge on any atom is 0.246 e. The van der Waals surface area contributed by atoms with Crippen molar-refractivity contribution >= 4 is 35.0 Å². The number of carbonyl (C=O) groups excluding carboxylic acids is 4. The van der Waals surface area contributed by atoms with E-state index in [1.165, 1.54) is 16.0 Å². The highest BCUT2D eigenvalue weighted by atomic mass is 32.1. The maximum absolute atomic E-state index is 14.1. The van der Waals surface area contributed by atoms with Gasteiger partial charge in [-0.3, -0.25) is 19.2 Å². The van der Waals surface area contributed by atoms with Crippen LogP contribution in [0.5, 0.6) is 0 Å². The number of amides is 4. The number of β-amino-alcohol motifs (C(OH)–C–C–N with tert-alkyl or cyclic N) is 1. The number of aliphatic hydroxyl groups is 1. The number of ether oxygens (including phenoxy) is 1. The van der Waals surface area contributed by atoms with Gasteiger partial charge in [0.15, 0.2) is 0 Å². The van der Waals surface area contributed by atoms with Gasteiger partial charge in [-0.25, -0.2) is 4.98 Å². The number of aryl methyl sites for hydroxylation is 3. The van der Waals surface area contributed by atoms with E-state index in [1.807, 2.05) is 71.3 Å². The summed E-state index contributed by atoms with van der Waals surface area (Å²) in [4.78, 5) is 58.9. The number of likely N-dealkylation sites (tertiary alicyclic amines) is 1. The molecule has 6 atom stereocenters. The second kappa shape index (κ2) is 19.6. The van der Waals surface area contributed by atoms with Gasteiger partial charge in [-0.2, -0.15) is 0 Å². The van der Waals surface area contributed by atoms with E-state index in [-0.39, 0.29) is 61.1 Å². The molecular weight excluding hydrogens is 715 g/mol. The minimum Gasteiger partial charge on any atom is -0.391 e. The van der Waals surface area contributed by atoms with E-state index >= 15 is 0 Å². The number of rotatable bonds is 18. The molecule has 0 unspecified atom stereocenters. The van der Waals surface area contributed by atoms with Gasteiger partial charge in [0.2, 0.25) is 23.6 Å². The van der Waals surface area contributed by atoms with E-state index < -0.39 is 23.6 Å². The van der Waals surface area contributed by atoms with Crippen LogP contribution in [0.1, 0.15) is 114 Å². The van der Waals surface area contributed by atoms with E-state index in [2.05, 4.69) is 47.7 Å². The van der Waals surface area contributed by atoms with E-state index in [4.69, 9.17) is 10.5 Å². The molecule has 300 valence electrons. The van der Waals surface area contributed by atoms with Crippen molar-refractivity contribution in [2.45, 2.75) is 137 Å². The maximum atomic E-state index is 14.1. The molecule has 1 fully saturated rings. The Morgan fingerprint density at radius 2 is 1.73 bits per heavy atom. The lowest BCUT2D eigenvalue weighted by molar-refractivity contribution is -0.144. The van der Waals surface area contributed by atoms with Gasteiger partial charge in [-0.1, -0.05) is 70.2 Å². The summed E-state index contributed by atoms with van der Waals surface area (Å²) in [7, 11) is 0. The first kappa shape index (κ1) is 43.6. The zero-order valence-corrected chi connectivity index (χ0v) is 34.6. The third-order valence-corrected chi connectivity index (χ3v) is 11.7. The molecule has 55 heavy (non-hydrogen) atoms. The highest BCUT2D eigenvalue weighted by molar-refractivity contribution is 7.13. The number of nitrogens with one attached hydrogen (secondary N) is 2. The first-order valence-electron chi connectivity index (χ1n) is 19.5. The molecule has 5 N–H and O–H groups in total. The number of aromatic nitrogens is 1. The van der Waals surface area contributed by atoms with Crippen LogP contribution >= 0.6 is 11.3 Å². The van der Waals surface area contributed by atoms with Gasteiger partial charge in [0.1, 0.15) is 12.1 Å². The van der Waals surface area contributed by atoms with Gasteiger partial charge in [-0.05, 0) is 92.5 Å². The molecule has 0 aliphatic carbocycles. The van der Waals surface area contributed by atoms with Crippen LogP contribution in [0.3, 0.4) is 0 Å². The van der Waals surface area contributed by atoms with Crippen LogP contribution < -0.4 is 16.4 Å². The Balaban J connectivity index is 1.27. The minimum atomic E-state index is -0.869. The minimum absolute atomic E-state index is 0.00421. The highest BCUT2D eigenvalue weighted by Gasteiger charge is 2.44. The van der Waals surface area contributed by atoms with E-state index in [0.29, 0.717) is 25.9 Å². The largest absolute Gasteiger partial charge is 0.391 e. The number of unbranched alkanes of at least 4 members (excludes halogenated alkanes) is 1. The predicted molar refractivity (Wildman–Crippen MR) is 217 cm³/mol. The first-order chi connectivity index (χ1) is 25.9. The predicted octanol–water partition coefficient (Wildman–Crippen LogP) is 6.32. The lowest BCUT2D eigenvalue weighted by Crippen LogP contribution is -2.57. The Hall–Kier alpha value is -4.13. The summed E-state index contributed by atoms with van der Waals surface area (Å²) in [5, 5.41) is 16.6. The molecule has 11 nitrogen and oxygen atoms in total. The van der Waals surface area contributed by atoms with E-state index in [9.17, 15) is 24.3 Å². The molecule has 0 saturated carbocycles. The highest BCUT2D eigenvalue weighted by Crippen LogP contribution is 2.30. The van der Waals surface area contributed by atoms with Crippen molar-refractivity contribution in [3.63, 3.8) is 0 Å². The van der Waals surface area contributed by atoms with E-state index in [1.54, 1.807) is 11.3 Å². The Labute approximate surface area is 330 Å². The number of nitrogens with zero attached hydrogens (tertiary/aromatic N) is 2. The lowest BCUT2D eigenvalue weighted by Gasteiger charge is -2.35. The quantitative estimate of drug-likeness (QED) is 0.110. The molecule has 3 aromatic rings. The Morgan fingerprint density at radius 3 is 2.35 bits per heavy atom. The molecule has 1 aliphatic rings. The average Bonchev–Trinajstić information content (AvgIpc) is 3.75. The topological polar surface area (TPSA) is 164 Å². The van der Waals surface area contributed by atoms with Crippen molar-refractivity contribution in [2.24, 2.45) is 17.1 Å². The summed E-state index contributed by atoms with van der Waals surface area (Å²) in [5.74, 6) is -0.998. The number of nitrogens with two attached hydrogens (primary N) is 1. The second-order valence-corrected chi connectivity index (χ2v) is 17.2. The van der Waals surface area contributed by atoms with Crippen molar-refractivity contribution in [2.75, 3.05) is 6.54 Å².